The maximum absolute atomic E-state index is 10.7. The fourth-order valence-corrected chi connectivity index (χ4v) is 16.3. The van der Waals surface area contributed by atoms with Gasteiger partial charge in [0.2, 0.25) is 11.8 Å². The van der Waals surface area contributed by atoms with Crippen LogP contribution in [0.15, 0.2) is 70.5 Å². The lowest BCUT2D eigenvalue weighted by Crippen LogP contribution is -2.30. The molecule has 1 unspecified atom stereocenters. The molecule has 39 heteroatoms. The zero-order chi connectivity index (χ0) is 91.3. The molecule has 3 atom stereocenters. The van der Waals surface area contributed by atoms with Crippen LogP contribution in [0.3, 0.4) is 0 Å². The van der Waals surface area contributed by atoms with Crippen LogP contribution in [0.2, 0.25) is 0 Å². The minimum atomic E-state index is -2.83. The lowest BCUT2D eigenvalue weighted by Gasteiger charge is -2.11. The van der Waals surface area contributed by atoms with Crippen LogP contribution in [0, 0.1) is 13.8 Å². The van der Waals surface area contributed by atoms with E-state index in [1.807, 2.05) is 36.0 Å². The summed E-state index contributed by atoms with van der Waals surface area (Å²) in [5.41, 5.74) is 7.80. The third-order valence-corrected chi connectivity index (χ3v) is 25.2. The van der Waals surface area contributed by atoms with E-state index in [4.69, 9.17) is 24.8 Å². The second-order valence-corrected chi connectivity index (χ2v) is 38.9. The zero-order valence-corrected chi connectivity index (χ0v) is 93.8. The number of thioether (sulfide) groups is 1. The maximum Gasteiger partial charge on any atom is 0.303 e. The number of carbonyl (C=O) groups excluding carboxylic acids is 2. The van der Waals surface area contributed by atoms with Gasteiger partial charge in [-0.05, 0) is 204 Å². The van der Waals surface area contributed by atoms with Crippen LogP contribution < -0.4 is 5.32 Å². The van der Waals surface area contributed by atoms with E-state index in [1.165, 1.54) is 117 Å². The Labute approximate surface area is 861 Å². The van der Waals surface area contributed by atoms with Gasteiger partial charge in [0.1, 0.15) is 0 Å². The van der Waals surface area contributed by atoms with Crippen LogP contribution in [-0.4, -0.2) is 218 Å². The Balaban J connectivity index is -0.000000133. The fraction of sp³-hybridized carbons (Fsp3) is 0.731. The van der Waals surface area contributed by atoms with Crippen molar-refractivity contribution in [3.63, 3.8) is 0 Å². The van der Waals surface area contributed by atoms with Gasteiger partial charge in [0, 0.05) is 103 Å². The number of aliphatic hydroxyl groups is 2. The predicted octanol–water partition coefficient (Wildman–Crippen LogP) is 21.6. The molecule has 0 aliphatic heterocycles. The second-order valence-electron chi connectivity index (χ2n) is 24.0. The first-order chi connectivity index (χ1) is 56.0. The molecule has 117 heavy (non-hydrogen) atoms. The summed E-state index contributed by atoms with van der Waals surface area (Å²) in [6, 6.07) is 20.4. The van der Waals surface area contributed by atoms with Crippen molar-refractivity contribution in [3.8, 4) is 0 Å². The molecule has 0 aliphatic carbocycles. The summed E-state index contributed by atoms with van der Waals surface area (Å²) in [7, 11) is -2.83. The number of aliphatic hydroxyl groups excluding tert-OH is 2. The number of ether oxygens (including phenoxy) is 2. The van der Waals surface area contributed by atoms with Crippen molar-refractivity contribution >= 4 is 368 Å². The monoisotopic (exact) mass is 2160 g/mol. The van der Waals surface area contributed by atoms with Crippen LogP contribution in [-0.2, 0) is 56.7 Å². The largest absolute Gasteiger partial charge is 0.481 e. The summed E-state index contributed by atoms with van der Waals surface area (Å²) in [5.74, 6) is 19.3. The molecule has 0 radical (unpaired) electrons. The van der Waals surface area contributed by atoms with Crippen molar-refractivity contribution in [1.29, 1.82) is 0 Å². The number of carboxylic acids is 1. The first kappa shape index (κ1) is 143. The molecule has 3 rings (SSSR count). The van der Waals surface area contributed by atoms with Crippen molar-refractivity contribution in [2.24, 2.45) is 0 Å². The Morgan fingerprint density at radius 1 is 0.385 bits per heavy atom. The molecule has 0 fully saturated rings. The Hall–Kier alpha value is 5.51. The van der Waals surface area contributed by atoms with Gasteiger partial charge in [-0.25, -0.2) is 8.42 Å². The van der Waals surface area contributed by atoms with Crippen molar-refractivity contribution < 1.29 is 47.6 Å². The quantitative estimate of drug-likeness (QED) is 0.0191. The third kappa shape index (κ3) is 132. The van der Waals surface area contributed by atoms with E-state index in [0.29, 0.717) is 54.7 Å². The van der Waals surface area contributed by atoms with Crippen molar-refractivity contribution in [2.45, 2.75) is 199 Å². The molecule has 0 spiro atoms. The van der Waals surface area contributed by atoms with Gasteiger partial charge in [-0.2, -0.15) is 315 Å². The number of nitrogens with one attached hydrogen (secondary N) is 1. The minimum Gasteiger partial charge on any atom is -0.481 e. The molecule has 0 aromatic heterocycles. The highest BCUT2D eigenvalue weighted by atomic mass is 32.2. The molecule has 0 saturated carbocycles. The van der Waals surface area contributed by atoms with Gasteiger partial charge < -0.3 is 24.8 Å². The van der Waals surface area contributed by atoms with E-state index in [2.05, 4.69) is 384 Å². The number of imide groups is 1. The summed E-state index contributed by atoms with van der Waals surface area (Å²) in [4.78, 5) is 33.5. The highest BCUT2D eigenvalue weighted by molar-refractivity contribution is 8.00. The number of carbonyl (C=O) groups is 3. The van der Waals surface area contributed by atoms with Crippen molar-refractivity contribution in [3.05, 3.63) is 94.0 Å². The summed E-state index contributed by atoms with van der Waals surface area (Å²) in [6.45, 7) is 6.98. The Morgan fingerprint density at radius 2 is 0.718 bits per heavy atom. The van der Waals surface area contributed by atoms with Gasteiger partial charge in [0.05, 0.1) is 50.1 Å². The molecule has 0 saturated heterocycles. The van der Waals surface area contributed by atoms with E-state index in [9.17, 15) is 22.8 Å². The molecule has 0 bridgehead atoms. The maximum atomic E-state index is 10.7. The molecule has 698 valence electrons. The SMILES string of the molecule is Cc1cc(CS)c(CS)cc1C.O=C(CCS)NC(=O)CCS.O=C(O)CCCCC(S)CCS.O=S(=O)(CCS)CCS.O[C@H](CS)[C@@H](O)CS.SCCCCCCCCCCS.SCCCCCS.SCCCCS.SCCCS.SCCOCCOCCS.SCCSCCS.SCc1ccc(CS)cc1.Sc1cccc(S)c1. The normalized spacial score (nSPS) is 10.8. The number of aryl methyl sites for hydroxylation is 2. The summed E-state index contributed by atoms with van der Waals surface area (Å²) >= 11 is 107. The molecule has 11 nitrogen and oxygen atoms in total. The van der Waals surface area contributed by atoms with Crippen LogP contribution in [0.1, 0.15) is 168 Å². The highest BCUT2D eigenvalue weighted by Gasteiger charge is 2.11. The Bertz CT molecular complexity index is 2400. The number of hydrogen-bond acceptors (Lipinski definition) is 36. The summed E-state index contributed by atoms with van der Waals surface area (Å²) < 4.78 is 31.7. The highest BCUT2D eigenvalue weighted by Crippen LogP contribution is 2.20. The van der Waals surface area contributed by atoms with Gasteiger partial charge in [0.25, 0.3) is 0 Å². The van der Waals surface area contributed by atoms with Gasteiger partial charge in [-0.1, -0.05) is 93.8 Å². The number of aliphatic carboxylic acids is 1. The van der Waals surface area contributed by atoms with Gasteiger partial charge in [-0.15, -0.1) is 25.3 Å². The van der Waals surface area contributed by atoms with E-state index in [-0.39, 0.29) is 54.1 Å². The van der Waals surface area contributed by atoms with Crippen molar-refractivity contribution in [1.82, 2.24) is 5.32 Å². The number of rotatable bonds is 51. The van der Waals surface area contributed by atoms with E-state index in [0.717, 1.165) is 151 Å². The smallest absolute Gasteiger partial charge is 0.303 e. The molecule has 0 aliphatic rings. The molecular formula is C78H153NO10S28. The topological polar surface area (TPSA) is 177 Å². The average Bonchev–Trinajstić information content (AvgIpc) is 0.852. The standard InChI is InChI=1S/C10H14S2.C10H22S2.C8H16O2S2.C8H10S2.C6H11NO2S2.C6H14O2S2.C6H6S2.C5H12S2.C4H10O2S3.C4H10O2S2.C4H10S3.C4H10S2.C3H8S2/c1-7-3-9(5-11)10(6-12)4-8(7)2;11-9-7-5-3-1-2-4-6-8-10-12;9-8(10)4-2-1-3-7(12)5-6-11;9-5-7-1-2-8(6-10)4-3-7;8-5(1-3-10)7-6(9)2-4-11;9-5-3-7-1-2-8-4-6-10;7-5-2-1-3-6(8)4-5;6-4-2-1-3-5-7;5-9(6,3-1-7)4-2-8;5-3(1-7)4(6)2-8;5-1-3-7-4-2-6;5-3-1-2-4-6;4-2-1-3-5/h3-4,11-12H,5-6H2,1-2H3;11-12H,1-10H2;7,11-12H,1-6H2,(H,9,10);1-4,9-10H,5-6H2;10-11H,1-4H2,(H,7,8,9);9-10H,1-6H2;1-4,7-8H;6-7H,1-5H2;7-8H,1-4H2;3-8H,1-2H2;5-6H,1-4H2;5-6H,1-4H2;4-5H,1-3H2/t;;;;;;;;;3-,4+;;;. The van der Waals surface area contributed by atoms with E-state index < -0.39 is 28.0 Å². The van der Waals surface area contributed by atoms with Crippen LogP contribution >= 0.6 is 340 Å². The van der Waals surface area contributed by atoms with Crippen LogP contribution in [0.25, 0.3) is 0 Å². The summed E-state index contributed by atoms with van der Waals surface area (Å²) in [5, 5.41) is 28.4. The number of benzene rings is 3. The number of unbranched alkanes of at least 4 members (excludes halogenated alkanes) is 11. The first-order valence-electron chi connectivity index (χ1n) is 38.7. The Kier molecular flexibility index (Phi) is 151. The van der Waals surface area contributed by atoms with Crippen molar-refractivity contribution in [2.75, 3.05) is 159 Å². The van der Waals surface area contributed by atoms with Gasteiger partial charge >= 0.3 is 5.97 Å². The molecule has 2 amide bonds. The molecule has 3 aromatic rings. The van der Waals surface area contributed by atoms with Crippen LogP contribution in [0.5, 0.6) is 0 Å². The number of hydrogen-bond donors (Lipinski definition) is 30. The molecular weight excluding hydrogens is 2010 g/mol. The third-order valence-electron chi connectivity index (χ3n) is 13.7. The number of sulfone groups is 1. The minimum absolute atomic E-state index is 0.163. The summed E-state index contributed by atoms with van der Waals surface area (Å²) in [6.07, 6.45) is 21.3. The average molecular weight is 2160 g/mol. The Morgan fingerprint density at radius 3 is 0.966 bits per heavy atom. The van der Waals surface area contributed by atoms with E-state index >= 15 is 0 Å². The zero-order valence-electron chi connectivity index (χ0n) is 68.9. The predicted molar refractivity (Wildman–Crippen MR) is 617 cm³/mol. The molecule has 4 N–H and O–H groups in total. The van der Waals surface area contributed by atoms with E-state index in [1.54, 1.807) is 0 Å². The first-order valence-corrected chi connectivity index (χ1v) is 57.6. The lowest BCUT2D eigenvalue weighted by atomic mass is 10.0. The second kappa shape index (κ2) is 124. The van der Waals surface area contributed by atoms with Gasteiger partial charge in [-0.3, -0.25) is 19.7 Å². The lowest BCUT2D eigenvalue weighted by molar-refractivity contribution is -0.137. The molecule has 0 heterocycles. The number of amides is 2. The molecule has 3 aromatic carbocycles. The van der Waals surface area contributed by atoms with Crippen LogP contribution in [0.4, 0.5) is 0 Å². The van der Waals surface area contributed by atoms with Gasteiger partial charge in [0.15, 0.2) is 9.84 Å². The number of thiol groups is 26. The fourth-order valence-electron chi connectivity index (χ4n) is 7.19. The number of carboxylic acid groups (broad SMARTS) is 1.